The van der Waals surface area contributed by atoms with Gasteiger partial charge in [-0.2, -0.15) is 0 Å². The van der Waals surface area contributed by atoms with E-state index >= 15 is 0 Å². The molecule has 2 nitrogen and oxygen atoms in total. The average molecular weight is 749 g/mol. The molecule has 6 aromatic carbocycles. The van der Waals surface area contributed by atoms with Crippen LogP contribution in [0.25, 0.3) is 71.9 Å². The number of benzene rings is 6. The Kier molecular flexibility index (Phi) is 9.04. The molecule has 0 atom stereocenters. The van der Waals surface area contributed by atoms with Crippen LogP contribution in [-0.2, 0) is 21.7 Å². The van der Waals surface area contributed by atoms with Crippen LogP contribution in [0.3, 0.4) is 0 Å². The van der Waals surface area contributed by atoms with Gasteiger partial charge >= 0.3 is 0 Å². The maximum Gasteiger partial charge on any atom is 0.0545 e. The Bertz CT molecular complexity index is 2740. The van der Waals surface area contributed by atoms with Gasteiger partial charge < -0.3 is 9.55 Å². The van der Waals surface area contributed by atoms with Crippen molar-refractivity contribution in [2.45, 2.75) is 112 Å². The van der Waals surface area contributed by atoms with Crippen LogP contribution in [0, 0.1) is 6.92 Å². The minimum absolute atomic E-state index is 0.0405. The van der Waals surface area contributed by atoms with Crippen LogP contribution in [0.2, 0.25) is 0 Å². The van der Waals surface area contributed by atoms with Gasteiger partial charge in [0.05, 0.1) is 22.2 Å². The molecule has 57 heavy (non-hydrogen) atoms. The molecule has 0 unspecified atom stereocenters. The van der Waals surface area contributed by atoms with E-state index < -0.39 is 0 Å². The topological polar surface area (TPSA) is 20.7 Å². The molecule has 2 heteroatoms. The van der Waals surface area contributed by atoms with Crippen LogP contribution in [0.15, 0.2) is 121 Å². The van der Waals surface area contributed by atoms with E-state index in [4.69, 9.17) is 0 Å². The first-order valence-electron chi connectivity index (χ1n) is 20.8. The summed E-state index contributed by atoms with van der Waals surface area (Å²) < 4.78 is 2.52. The lowest BCUT2D eigenvalue weighted by Crippen LogP contribution is -2.13. The van der Waals surface area contributed by atoms with Gasteiger partial charge in [0.25, 0.3) is 0 Å². The summed E-state index contributed by atoms with van der Waals surface area (Å²) in [6, 6.07) is 46.2. The SMILES string of the molecule is Cc1ccccc1-c1c(-c2ccccc2)[nH]c2c(-c3cc(-n4c5ccc(C(C)(C)C)cc5c5cc(C(C)(C)C)ccc54)cc(C(C)(C)C)c3)cc(C(C)(C)C)cc12. The van der Waals surface area contributed by atoms with Crippen molar-refractivity contribution in [2.75, 3.05) is 0 Å². The zero-order valence-electron chi connectivity index (χ0n) is 36.5. The van der Waals surface area contributed by atoms with Gasteiger partial charge in [-0.1, -0.05) is 156 Å². The highest BCUT2D eigenvalue weighted by Gasteiger charge is 2.26. The first-order valence-corrected chi connectivity index (χ1v) is 20.8. The van der Waals surface area contributed by atoms with Crippen LogP contribution in [0.5, 0.6) is 0 Å². The van der Waals surface area contributed by atoms with Gasteiger partial charge in [-0.15, -0.1) is 0 Å². The minimum Gasteiger partial charge on any atom is -0.353 e. The molecule has 8 aromatic rings. The van der Waals surface area contributed by atoms with Gasteiger partial charge in [0.2, 0.25) is 0 Å². The second kappa shape index (κ2) is 13.4. The summed E-state index contributed by atoms with van der Waals surface area (Å²) in [6.45, 7) is 30.1. The fourth-order valence-electron chi connectivity index (χ4n) is 8.47. The number of fused-ring (bicyclic) bond motifs is 4. The molecule has 0 saturated heterocycles. The molecular weight excluding hydrogens is 689 g/mol. The van der Waals surface area contributed by atoms with Gasteiger partial charge in [0.15, 0.2) is 0 Å². The van der Waals surface area contributed by atoms with Crippen molar-refractivity contribution in [2.24, 2.45) is 0 Å². The van der Waals surface area contributed by atoms with Crippen LogP contribution >= 0.6 is 0 Å². The van der Waals surface area contributed by atoms with Gasteiger partial charge in [-0.05, 0) is 122 Å². The van der Waals surface area contributed by atoms with Crippen molar-refractivity contribution in [3.05, 3.63) is 149 Å². The van der Waals surface area contributed by atoms with E-state index in [0.717, 1.165) is 5.69 Å². The quantitative estimate of drug-likeness (QED) is 0.185. The van der Waals surface area contributed by atoms with E-state index in [-0.39, 0.29) is 21.7 Å². The molecule has 2 aromatic heterocycles. The minimum atomic E-state index is -0.0830. The molecule has 1 N–H and O–H groups in total. The number of nitrogens with zero attached hydrogens (tertiary/aromatic N) is 1. The van der Waals surface area contributed by atoms with Crippen LogP contribution < -0.4 is 0 Å². The smallest absolute Gasteiger partial charge is 0.0545 e. The van der Waals surface area contributed by atoms with E-state index in [1.807, 2.05) is 0 Å². The van der Waals surface area contributed by atoms with Crippen molar-refractivity contribution in [1.82, 2.24) is 9.55 Å². The van der Waals surface area contributed by atoms with E-state index in [0.29, 0.717) is 0 Å². The third-order valence-corrected chi connectivity index (χ3v) is 12.1. The number of rotatable bonds is 4. The lowest BCUT2D eigenvalue weighted by Gasteiger charge is -2.24. The van der Waals surface area contributed by atoms with Gasteiger partial charge in [0, 0.05) is 33.0 Å². The fraction of sp³-hybridized carbons (Fsp3) is 0.309. The molecule has 0 bridgehead atoms. The largest absolute Gasteiger partial charge is 0.353 e. The normalized spacial score (nSPS) is 13.0. The molecule has 0 spiro atoms. The zero-order chi connectivity index (χ0) is 40.8. The van der Waals surface area contributed by atoms with Crippen LogP contribution in [-0.4, -0.2) is 9.55 Å². The van der Waals surface area contributed by atoms with Gasteiger partial charge in [-0.3, -0.25) is 0 Å². The number of aryl methyl sites for hydroxylation is 1. The van der Waals surface area contributed by atoms with Crippen LogP contribution in [0.4, 0.5) is 0 Å². The maximum absolute atomic E-state index is 4.06. The third kappa shape index (κ3) is 6.92. The van der Waals surface area contributed by atoms with E-state index in [2.05, 4.69) is 221 Å². The second-order valence-electron chi connectivity index (χ2n) is 20.6. The molecule has 0 fully saturated rings. The zero-order valence-corrected chi connectivity index (χ0v) is 36.5. The predicted octanol–water partition coefficient (Wildman–Crippen LogP) is 15.8. The molecule has 0 saturated carbocycles. The van der Waals surface area contributed by atoms with Gasteiger partial charge in [-0.25, -0.2) is 0 Å². The number of nitrogens with one attached hydrogen (secondary N) is 1. The lowest BCUT2D eigenvalue weighted by atomic mass is 9.81. The highest BCUT2D eigenvalue weighted by atomic mass is 15.0. The molecular formula is C55H60N2. The lowest BCUT2D eigenvalue weighted by molar-refractivity contribution is 0.589. The van der Waals surface area contributed by atoms with E-state index in [1.54, 1.807) is 0 Å². The molecule has 0 radical (unpaired) electrons. The summed E-state index contributed by atoms with van der Waals surface area (Å²) >= 11 is 0. The Morgan fingerprint density at radius 1 is 0.421 bits per heavy atom. The molecule has 0 aliphatic rings. The molecule has 0 aliphatic heterocycles. The first-order chi connectivity index (χ1) is 26.7. The van der Waals surface area contributed by atoms with Crippen molar-refractivity contribution in [1.29, 1.82) is 0 Å². The molecule has 2 heterocycles. The monoisotopic (exact) mass is 748 g/mol. The fourth-order valence-corrected chi connectivity index (χ4v) is 8.47. The summed E-state index contributed by atoms with van der Waals surface area (Å²) in [7, 11) is 0. The standard InChI is InChI=1S/C55H60N2/c1-34-19-17-18-22-42(34)49-46-33-40(55(11,12)13)32-43(51(46)56-50(49)35-20-15-14-16-21-35)36-27-39(54(8,9)10)29-41(28-36)57-47-25-23-37(52(2,3)4)30-44(47)45-31-38(53(5,6)7)24-26-48(45)57/h14-33,56H,1-13H3. The highest BCUT2D eigenvalue weighted by Crippen LogP contribution is 2.46. The third-order valence-electron chi connectivity index (χ3n) is 12.1. The number of H-pyrrole nitrogens is 1. The summed E-state index contributed by atoms with van der Waals surface area (Å²) in [6.07, 6.45) is 0. The van der Waals surface area contributed by atoms with Crippen molar-refractivity contribution in [3.63, 3.8) is 0 Å². The Morgan fingerprint density at radius 3 is 1.47 bits per heavy atom. The maximum atomic E-state index is 4.06. The number of aromatic amines is 1. The van der Waals surface area contributed by atoms with E-state index in [1.165, 1.54) is 94.0 Å². The predicted molar refractivity (Wildman–Crippen MR) is 248 cm³/mol. The Hall–Kier alpha value is -5.34. The summed E-state index contributed by atoms with van der Waals surface area (Å²) in [4.78, 5) is 4.06. The van der Waals surface area contributed by atoms with Crippen molar-refractivity contribution >= 4 is 32.7 Å². The van der Waals surface area contributed by atoms with Crippen molar-refractivity contribution in [3.8, 4) is 39.2 Å². The molecule has 8 rings (SSSR count). The second-order valence-corrected chi connectivity index (χ2v) is 20.6. The molecule has 0 aliphatic carbocycles. The van der Waals surface area contributed by atoms with Crippen LogP contribution in [0.1, 0.15) is 111 Å². The Labute approximate surface area is 341 Å². The van der Waals surface area contributed by atoms with E-state index in [9.17, 15) is 0 Å². The summed E-state index contributed by atoms with van der Waals surface area (Å²) in [5.74, 6) is 0. The number of hydrogen-bond acceptors (Lipinski definition) is 0. The number of hydrogen-bond donors (Lipinski definition) is 1. The first kappa shape index (κ1) is 38.5. The Morgan fingerprint density at radius 2 is 0.930 bits per heavy atom. The molecule has 290 valence electrons. The van der Waals surface area contributed by atoms with Gasteiger partial charge in [0.1, 0.15) is 0 Å². The summed E-state index contributed by atoms with van der Waals surface area (Å²) in [5.41, 5.74) is 18.7. The molecule has 0 amide bonds. The number of aromatic nitrogens is 2. The summed E-state index contributed by atoms with van der Waals surface area (Å²) in [5, 5.41) is 3.88. The highest BCUT2D eigenvalue weighted by molar-refractivity contribution is 6.11. The van der Waals surface area contributed by atoms with Crippen molar-refractivity contribution < 1.29 is 0 Å². The Balaban J connectivity index is 1.49. The average Bonchev–Trinajstić information content (AvgIpc) is 3.69.